The van der Waals surface area contributed by atoms with Crippen LogP contribution in [-0.4, -0.2) is 23.8 Å². The van der Waals surface area contributed by atoms with Gasteiger partial charge in [0.1, 0.15) is 11.6 Å². The predicted octanol–water partition coefficient (Wildman–Crippen LogP) is 7.34. The van der Waals surface area contributed by atoms with E-state index in [0.717, 1.165) is 38.7 Å². The molecule has 3 rings (SSSR count). The van der Waals surface area contributed by atoms with Crippen molar-refractivity contribution in [3.63, 3.8) is 0 Å². The van der Waals surface area contributed by atoms with E-state index in [2.05, 4.69) is 6.92 Å². The van der Waals surface area contributed by atoms with Crippen molar-refractivity contribution in [2.45, 2.75) is 76.7 Å². The Bertz CT molecular complexity index is 856. The van der Waals surface area contributed by atoms with Crippen molar-refractivity contribution < 1.29 is 23.4 Å². The summed E-state index contributed by atoms with van der Waals surface area (Å²) in [5, 5.41) is 9.39. The topological polar surface area (TPSA) is 46.5 Å². The zero-order valence-electron chi connectivity index (χ0n) is 18.2. The van der Waals surface area contributed by atoms with Gasteiger partial charge in [0, 0.05) is 6.61 Å². The van der Waals surface area contributed by atoms with Crippen LogP contribution in [0.4, 0.5) is 8.78 Å². The molecule has 2 aromatic carbocycles. The number of halogens is 2. The number of carbonyl (C=O) groups is 1. The molecule has 0 spiro atoms. The van der Waals surface area contributed by atoms with Gasteiger partial charge in [-0.2, -0.15) is 0 Å². The first kappa shape index (κ1) is 23.4. The van der Waals surface area contributed by atoms with Crippen molar-refractivity contribution in [3.8, 4) is 11.1 Å². The number of benzene rings is 2. The van der Waals surface area contributed by atoms with E-state index in [0.29, 0.717) is 16.7 Å². The fourth-order valence-electron chi connectivity index (χ4n) is 4.51. The quantitative estimate of drug-likeness (QED) is 0.401. The molecule has 1 fully saturated rings. The molecular weight excluding hydrogens is 398 g/mol. The highest BCUT2D eigenvalue weighted by Crippen LogP contribution is 2.41. The number of carboxylic acid groups (broad SMARTS) is 1. The molecule has 0 aromatic heterocycles. The predicted molar refractivity (Wildman–Crippen MR) is 118 cm³/mol. The second kappa shape index (κ2) is 11.4. The average Bonchev–Trinajstić information content (AvgIpc) is 2.77. The molecule has 0 atom stereocenters. The van der Waals surface area contributed by atoms with Crippen LogP contribution in [0.15, 0.2) is 36.4 Å². The maximum Gasteiger partial charge on any atom is 0.338 e. The van der Waals surface area contributed by atoms with Crippen LogP contribution >= 0.6 is 0 Å². The minimum absolute atomic E-state index is 0.0799. The van der Waals surface area contributed by atoms with Gasteiger partial charge in [0.2, 0.25) is 0 Å². The van der Waals surface area contributed by atoms with Crippen LogP contribution in [0.25, 0.3) is 11.1 Å². The first-order valence-electron chi connectivity index (χ1n) is 11.4. The summed E-state index contributed by atoms with van der Waals surface area (Å²) in [7, 11) is 0. The van der Waals surface area contributed by atoms with Crippen LogP contribution in [-0.2, 0) is 4.74 Å². The van der Waals surface area contributed by atoms with E-state index in [1.165, 1.54) is 43.9 Å². The maximum absolute atomic E-state index is 15.3. The summed E-state index contributed by atoms with van der Waals surface area (Å²) in [6.45, 7) is 2.97. The Kier molecular flexibility index (Phi) is 8.59. The summed E-state index contributed by atoms with van der Waals surface area (Å²) in [4.78, 5) is 11.5. The summed E-state index contributed by atoms with van der Waals surface area (Å²) in [5.41, 5.74) is 1.45. The number of rotatable bonds is 10. The molecule has 0 heterocycles. The van der Waals surface area contributed by atoms with Crippen LogP contribution in [0.5, 0.6) is 0 Å². The van der Waals surface area contributed by atoms with Crippen LogP contribution in [0.2, 0.25) is 0 Å². The SMILES string of the molecule is CCCCCCCO[C@H]1CC[C@H](c2c(-c3ccc(F)cc3)ccc(C(=O)O)c2F)CC1. The molecule has 1 saturated carbocycles. The highest BCUT2D eigenvalue weighted by atomic mass is 19.1. The summed E-state index contributed by atoms with van der Waals surface area (Å²) < 4.78 is 34.7. The molecule has 0 saturated heterocycles. The maximum atomic E-state index is 15.3. The van der Waals surface area contributed by atoms with E-state index in [-0.39, 0.29) is 23.4 Å². The minimum Gasteiger partial charge on any atom is -0.478 e. The molecule has 2 aromatic rings. The van der Waals surface area contributed by atoms with Gasteiger partial charge < -0.3 is 9.84 Å². The lowest BCUT2D eigenvalue weighted by Gasteiger charge is -2.30. The van der Waals surface area contributed by atoms with Crippen LogP contribution in [0.3, 0.4) is 0 Å². The third-order valence-electron chi connectivity index (χ3n) is 6.25. The lowest BCUT2D eigenvalue weighted by atomic mass is 9.79. The average molecular weight is 431 g/mol. The van der Waals surface area contributed by atoms with Crippen LogP contribution in [0, 0.1) is 11.6 Å². The fraction of sp³-hybridized carbons (Fsp3) is 0.500. The zero-order valence-corrected chi connectivity index (χ0v) is 18.2. The van der Waals surface area contributed by atoms with Gasteiger partial charge in [-0.15, -0.1) is 0 Å². The number of hydrogen-bond acceptors (Lipinski definition) is 2. The Morgan fingerprint density at radius 1 is 0.968 bits per heavy atom. The van der Waals surface area contributed by atoms with E-state index in [1.807, 2.05) is 0 Å². The van der Waals surface area contributed by atoms with Gasteiger partial charge in [-0.25, -0.2) is 13.6 Å². The molecule has 5 heteroatoms. The Morgan fingerprint density at radius 2 is 1.65 bits per heavy atom. The highest BCUT2D eigenvalue weighted by molar-refractivity contribution is 5.89. The van der Waals surface area contributed by atoms with E-state index in [9.17, 15) is 14.3 Å². The minimum atomic E-state index is -1.27. The smallest absolute Gasteiger partial charge is 0.338 e. The fourth-order valence-corrected chi connectivity index (χ4v) is 4.51. The summed E-state index contributed by atoms with van der Waals surface area (Å²) in [5.74, 6) is -2.39. The van der Waals surface area contributed by atoms with Crippen molar-refractivity contribution in [1.29, 1.82) is 0 Å². The summed E-state index contributed by atoms with van der Waals surface area (Å²) in [6.07, 6.45) is 9.34. The largest absolute Gasteiger partial charge is 0.478 e. The molecule has 168 valence electrons. The van der Waals surface area contributed by atoms with E-state index >= 15 is 4.39 Å². The molecular formula is C26H32F2O3. The molecule has 3 nitrogen and oxygen atoms in total. The lowest BCUT2D eigenvalue weighted by Crippen LogP contribution is -2.22. The molecule has 0 unspecified atom stereocenters. The molecule has 1 aliphatic rings. The second-order valence-corrected chi connectivity index (χ2v) is 8.46. The van der Waals surface area contributed by atoms with Gasteiger partial charge in [-0.1, -0.05) is 50.8 Å². The number of unbranched alkanes of at least 4 members (excludes halogenated alkanes) is 4. The summed E-state index contributed by atoms with van der Waals surface area (Å²) in [6, 6.07) is 8.85. The third-order valence-corrected chi connectivity index (χ3v) is 6.25. The van der Waals surface area contributed by atoms with E-state index in [1.54, 1.807) is 18.2 Å². The van der Waals surface area contributed by atoms with Crippen molar-refractivity contribution in [2.24, 2.45) is 0 Å². The molecule has 1 N–H and O–H groups in total. The Labute approximate surface area is 183 Å². The Hall–Kier alpha value is -2.27. The van der Waals surface area contributed by atoms with Gasteiger partial charge in [0.05, 0.1) is 11.7 Å². The standard InChI is InChI=1S/C26H32F2O3/c1-2-3-4-5-6-17-31-21-13-9-19(10-14-21)24-22(18-7-11-20(27)12-8-18)15-16-23(25(24)28)26(29)30/h7-8,11-12,15-16,19,21H,2-6,9-10,13-14,17H2,1H3,(H,29,30)/t19-,21-. The molecule has 0 radical (unpaired) electrons. The molecule has 1 aliphatic carbocycles. The van der Waals surface area contributed by atoms with Crippen molar-refractivity contribution >= 4 is 5.97 Å². The van der Waals surface area contributed by atoms with Crippen molar-refractivity contribution in [2.75, 3.05) is 6.61 Å². The normalized spacial score (nSPS) is 18.8. The van der Waals surface area contributed by atoms with E-state index < -0.39 is 11.8 Å². The van der Waals surface area contributed by atoms with Gasteiger partial charge in [-0.3, -0.25) is 0 Å². The van der Waals surface area contributed by atoms with Gasteiger partial charge >= 0.3 is 5.97 Å². The number of hydrogen-bond donors (Lipinski definition) is 1. The van der Waals surface area contributed by atoms with Gasteiger partial charge in [0.25, 0.3) is 0 Å². The third kappa shape index (κ3) is 6.13. The van der Waals surface area contributed by atoms with Gasteiger partial charge in [-0.05, 0) is 72.9 Å². The highest BCUT2D eigenvalue weighted by Gasteiger charge is 2.29. The number of carboxylic acids is 1. The number of ether oxygens (including phenoxy) is 1. The number of aromatic carboxylic acids is 1. The van der Waals surface area contributed by atoms with Gasteiger partial charge in [0.15, 0.2) is 0 Å². The zero-order chi connectivity index (χ0) is 22.2. The molecule has 0 bridgehead atoms. The molecule has 0 amide bonds. The first-order chi connectivity index (χ1) is 15.0. The van der Waals surface area contributed by atoms with Crippen LogP contribution < -0.4 is 0 Å². The molecule has 0 aliphatic heterocycles. The monoisotopic (exact) mass is 430 g/mol. The van der Waals surface area contributed by atoms with E-state index in [4.69, 9.17) is 4.74 Å². The second-order valence-electron chi connectivity index (χ2n) is 8.46. The Balaban J connectivity index is 1.71. The summed E-state index contributed by atoms with van der Waals surface area (Å²) >= 11 is 0. The van der Waals surface area contributed by atoms with Crippen molar-refractivity contribution in [3.05, 3.63) is 59.2 Å². The lowest BCUT2D eigenvalue weighted by molar-refractivity contribution is 0.0224. The first-order valence-corrected chi connectivity index (χ1v) is 11.4. The Morgan fingerprint density at radius 3 is 2.29 bits per heavy atom. The van der Waals surface area contributed by atoms with Crippen molar-refractivity contribution in [1.82, 2.24) is 0 Å². The van der Waals surface area contributed by atoms with Crippen LogP contribution in [0.1, 0.15) is 86.6 Å². The molecule has 31 heavy (non-hydrogen) atoms.